The van der Waals surface area contributed by atoms with Crippen LogP contribution >= 0.6 is 11.6 Å². The molecule has 3 rings (SSSR count). The number of carbonyl (C=O) groups excluding carboxylic acids is 1. The fourth-order valence-corrected chi connectivity index (χ4v) is 3.01. The number of benzene rings is 2. The second-order valence-electron chi connectivity index (χ2n) is 7.23. The molecule has 0 bridgehead atoms. The van der Waals surface area contributed by atoms with E-state index in [-0.39, 0.29) is 5.91 Å². The van der Waals surface area contributed by atoms with Crippen molar-refractivity contribution in [1.82, 2.24) is 20.2 Å². The Hall–Kier alpha value is -3.13. The first-order valence-electron chi connectivity index (χ1n) is 9.54. The van der Waals surface area contributed by atoms with E-state index in [1.54, 1.807) is 18.2 Å². The van der Waals surface area contributed by atoms with Gasteiger partial charge in [-0.25, -0.2) is 4.68 Å². The van der Waals surface area contributed by atoms with Crippen LogP contribution in [0.5, 0.6) is 11.5 Å². The summed E-state index contributed by atoms with van der Waals surface area (Å²) in [5.74, 6) is 1.04. The van der Waals surface area contributed by atoms with Gasteiger partial charge in [-0.15, -0.1) is 5.10 Å². The molecule has 1 heterocycles. The number of methoxy groups -OCH3 is 1. The summed E-state index contributed by atoms with van der Waals surface area (Å²) in [6.07, 6.45) is 2.37. The highest BCUT2D eigenvalue weighted by Crippen LogP contribution is 2.37. The van der Waals surface area contributed by atoms with Crippen LogP contribution in [0.1, 0.15) is 36.2 Å². The van der Waals surface area contributed by atoms with E-state index in [4.69, 9.17) is 21.1 Å². The van der Waals surface area contributed by atoms with Crippen molar-refractivity contribution in [2.45, 2.75) is 27.2 Å². The van der Waals surface area contributed by atoms with Crippen molar-refractivity contribution in [2.24, 2.45) is 5.92 Å². The van der Waals surface area contributed by atoms with Gasteiger partial charge in [-0.3, -0.25) is 4.79 Å². The summed E-state index contributed by atoms with van der Waals surface area (Å²) in [6, 6.07) is 8.74. The molecule has 2 aromatic carbocycles. The third-order valence-corrected chi connectivity index (χ3v) is 4.80. The van der Waals surface area contributed by atoms with Gasteiger partial charge in [0.25, 0.3) is 5.91 Å². The Morgan fingerprint density at radius 2 is 2.07 bits per heavy atom. The number of nitrogens with zero attached hydrogens (tertiary/aromatic N) is 4. The number of carbonyl (C=O) groups is 1. The third-order valence-electron chi connectivity index (χ3n) is 4.52. The van der Waals surface area contributed by atoms with Crippen molar-refractivity contribution in [2.75, 3.05) is 19.0 Å². The van der Waals surface area contributed by atoms with Crippen molar-refractivity contribution in [3.8, 4) is 17.2 Å². The van der Waals surface area contributed by atoms with E-state index in [2.05, 4.69) is 34.7 Å². The number of amides is 1. The fraction of sp³-hybridized carbons (Fsp3) is 0.333. The van der Waals surface area contributed by atoms with Crippen LogP contribution in [0.15, 0.2) is 36.7 Å². The van der Waals surface area contributed by atoms with Gasteiger partial charge in [-0.2, -0.15) is 0 Å². The number of nitrogens with one attached hydrogen (secondary N) is 1. The molecule has 0 aliphatic rings. The number of tetrazole rings is 1. The fourth-order valence-electron chi connectivity index (χ4n) is 2.75. The van der Waals surface area contributed by atoms with Crippen molar-refractivity contribution < 1.29 is 14.3 Å². The van der Waals surface area contributed by atoms with Crippen molar-refractivity contribution in [3.05, 3.63) is 52.8 Å². The number of halogens is 1. The quantitative estimate of drug-likeness (QED) is 0.573. The highest BCUT2D eigenvalue weighted by atomic mass is 35.5. The molecule has 0 unspecified atom stereocenters. The van der Waals surface area contributed by atoms with Crippen molar-refractivity contribution in [1.29, 1.82) is 0 Å². The zero-order chi connectivity index (χ0) is 21.7. The van der Waals surface area contributed by atoms with E-state index >= 15 is 0 Å². The molecule has 1 aromatic heterocycles. The lowest BCUT2D eigenvalue weighted by atomic mass is 10.1. The second kappa shape index (κ2) is 9.58. The van der Waals surface area contributed by atoms with Gasteiger partial charge in [0, 0.05) is 11.3 Å². The van der Waals surface area contributed by atoms with Crippen LogP contribution in [-0.4, -0.2) is 39.8 Å². The van der Waals surface area contributed by atoms with Gasteiger partial charge in [0.2, 0.25) is 0 Å². The topological polar surface area (TPSA) is 91.2 Å². The molecular formula is C21H24ClN5O3. The minimum absolute atomic E-state index is 0.319. The Kier molecular flexibility index (Phi) is 6.89. The first-order chi connectivity index (χ1) is 14.4. The van der Waals surface area contributed by atoms with E-state index in [0.29, 0.717) is 40.3 Å². The molecular weight excluding hydrogens is 406 g/mol. The molecule has 0 atom stereocenters. The number of hydrogen-bond donors (Lipinski definition) is 1. The molecule has 158 valence electrons. The van der Waals surface area contributed by atoms with Gasteiger partial charge in [-0.1, -0.05) is 31.5 Å². The predicted molar refractivity (Wildman–Crippen MR) is 115 cm³/mol. The third kappa shape index (κ3) is 5.07. The second-order valence-corrected chi connectivity index (χ2v) is 7.64. The molecule has 0 aliphatic carbocycles. The summed E-state index contributed by atoms with van der Waals surface area (Å²) in [4.78, 5) is 12.9. The summed E-state index contributed by atoms with van der Waals surface area (Å²) in [7, 11) is 1.52. The molecule has 0 fully saturated rings. The Bertz CT molecular complexity index is 1020. The number of hydrogen-bond acceptors (Lipinski definition) is 6. The largest absolute Gasteiger partial charge is 0.493 e. The Morgan fingerprint density at radius 3 is 2.73 bits per heavy atom. The number of ether oxygens (including phenoxy) is 2. The highest BCUT2D eigenvalue weighted by Gasteiger charge is 2.17. The van der Waals surface area contributed by atoms with Crippen LogP contribution in [0.25, 0.3) is 5.69 Å². The van der Waals surface area contributed by atoms with E-state index in [1.807, 2.05) is 19.1 Å². The van der Waals surface area contributed by atoms with Crippen LogP contribution in [0.4, 0.5) is 5.69 Å². The van der Waals surface area contributed by atoms with Gasteiger partial charge < -0.3 is 14.8 Å². The Labute approximate surface area is 180 Å². The zero-order valence-electron chi connectivity index (χ0n) is 17.3. The number of rotatable bonds is 8. The molecule has 30 heavy (non-hydrogen) atoms. The molecule has 3 aromatic rings. The van der Waals surface area contributed by atoms with Crippen molar-refractivity contribution in [3.63, 3.8) is 0 Å². The van der Waals surface area contributed by atoms with Crippen LogP contribution in [0, 0.1) is 12.8 Å². The SMILES string of the molecule is COc1cc(C(=O)Nc2cc(-n3cnnn3)ccc2C)cc(Cl)c1OCCC(C)C. The van der Waals surface area contributed by atoms with Gasteiger partial charge in [0.1, 0.15) is 6.33 Å². The zero-order valence-corrected chi connectivity index (χ0v) is 18.1. The number of aryl methyl sites for hydroxylation is 1. The number of anilines is 1. The molecule has 0 radical (unpaired) electrons. The Balaban J connectivity index is 1.82. The normalized spacial score (nSPS) is 10.9. The maximum atomic E-state index is 12.9. The summed E-state index contributed by atoms with van der Waals surface area (Å²) < 4.78 is 12.7. The highest BCUT2D eigenvalue weighted by molar-refractivity contribution is 6.32. The van der Waals surface area contributed by atoms with Crippen LogP contribution in [-0.2, 0) is 0 Å². The first-order valence-corrected chi connectivity index (χ1v) is 9.92. The first kappa shape index (κ1) is 21.6. The molecule has 0 spiro atoms. The monoisotopic (exact) mass is 429 g/mol. The van der Waals surface area contributed by atoms with Gasteiger partial charge >= 0.3 is 0 Å². The maximum Gasteiger partial charge on any atom is 0.255 e. The van der Waals surface area contributed by atoms with Crippen LogP contribution in [0.2, 0.25) is 5.02 Å². The minimum Gasteiger partial charge on any atom is -0.493 e. The lowest BCUT2D eigenvalue weighted by Gasteiger charge is -2.15. The lowest BCUT2D eigenvalue weighted by molar-refractivity contribution is 0.102. The summed E-state index contributed by atoms with van der Waals surface area (Å²) in [5, 5.41) is 14.4. The molecule has 0 saturated carbocycles. The summed E-state index contributed by atoms with van der Waals surface area (Å²) in [5.41, 5.74) is 2.62. The summed E-state index contributed by atoms with van der Waals surface area (Å²) >= 11 is 6.39. The van der Waals surface area contributed by atoms with E-state index in [0.717, 1.165) is 17.7 Å². The van der Waals surface area contributed by atoms with Gasteiger partial charge in [0.15, 0.2) is 11.5 Å². The van der Waals surface area contributed by atoms with Gasteiger partial charge in [0.05, 0.1) is 24.4 Å². The smallest absolute Gasteiger partial charge is 0.255 e. The van der Waals surface area contributed by atoms with Gasteiger partial charge in [-0.05, 0) is 59.5 Å². The average Bonchev–Trinajstić information content (AvgIpc) is 3.25. The van der Waals surface area contributed by atoms with Crippen LogP contribution < -0.4 is 14.8 Å². The molecule has 9 heteroatoms. The van der Waals surface area contributed by atoms with E-state index in [1.165, 1.54) is 18.1 Å². The molecule has 0 saturated heterocycles. The van der Waals surface area contributed by atoms with Crippen LogP contribution in [0.3, 0.4) is 0 Å². The van der Waals surface area contributed by atoms with Crippen molar-refractivity contribution >= 4 is 23.2 Å². The molecule has 1 amide bonds. The van der Waals surface area contributed by atoms with E-state index in [9.17, 15) is 4.79 Å². The lowest BCUT2D eigenvalue weighted by Crippen LogP contribution is -2.14. The standard InChI is InChI=1S/C21H24ClN5O3/c1-13(2)7-8-30-20-17(22)9-15(10-19(20)29-4)21(28)24-18-11-16(6-5-14(18)3)27-12-23-25-26-27/h5-6,9-13H,7-8H2,1-4H3,(H,24,28). The predicted octanol–water partition coefficient (Wildman–Crippen LogP) is 4.31. The average molecular weight is 430 g/mol. The molecule has 0 aliphatic heterocycles. The summed E-state index contributed by atoms with van der Waals surface area (Å²) in [6.45, 7) is 6.65. The maximum absolute atomic E-state index is 12.9. The molecule has 8 nitrogen and oxygen atoms in total. The Morgan fingerprint density at radius 1 is 1.27 bits per heavy atom. The minimum atomic E-state index is -0.319. The van der Waals surface area contributed by atoms with E-state index < -0.39 is 0 Å². The number of aromatic nitrogens is 4. The molecule has 1 N–H and O–H groups in total.